The highest BCUT2D eigenvalue weighted by molar-refractivity contribution is 5.98. The van der Waals surface area contributed by atoms with Crippen molar-refractivity contribution in [2.24, 2.45) is 0 Å². The predicted octanol–water partition coefficient (Wildman–Crippen LogP) is 3.23. The molecule has 0 aliphatic rings. The van der Waals surface area contributed by atoms with Crippen molar-refractivity contribution in [3.8, 4) is 23.8 Å². The van der Waals surface area contributed by atoms with E-state index in [0.29, 0.717) is 36.0 Å². The van der Waals surface area contributed by atoms with Crippen molar-refractivity contribution in [3.63, 3.8) is 0 Å². The minimum Gasteiger partial charge on any atom is -0.490 e. The molecule has 0 saturated carbocycles. The molecule has 150 valence electrons. The van der Waals surface area contributed by atoms with Crippen molar-refractivity contribution >= 4 is 23.6 Å². The van der Waals surface area contributed by atoms with Gasteiger partial charge in [-0.25, -0.2) is 0 Å². The lowest BCUT2D eigenvalue weighted by Crippen LogP contribution is -2.31. The monoisotopic (exact) mass is 392 g/mol. The van der Waals surface area contributed by atoms with Crippen molar-refractivity contribution in [2.45, 2.75) is 13.8 Å². The van der Waals surface area contributed by atoms with E-state index in [9.17, 15) is 9.59 Å². The molecule has 0 aliphatic carbocycles. The Morgan fingerprint density at radius 2 is 1.83 bits per heavy atom. The van der Waals surface area contributed by atoms with Gasteiger partial charge in [0.15, 0.2) is 11.5 Å². The second kappa shape index (κ2) is 11.2. The molecule has 29 heavy (non-hydrogen) atoms. The van der Waals surface area contributed by atoms with Gasteiger partial charge in [-0.05, 0) is 55.8 Å². The quantitative estimate of drug-likeness (QED) is 0.507. The Hall–Kier alpha value is -3.72. The van der Waals surface area contributed by atoms with Gasteiger partial charge in [0.2, 0.25) is 11.8 Å². The van der Waals surface area contributed by atoms with Crippen LogP contribution < -0.4 is 20.1 Å². The van der Waals surface area contributed by atoms with E-state index in [0.717, 1.165) is 5.56 Å². The van der Waals surface area contributed by atoms with Gasteiger partial charge in [-0.3, -0.25) is 9.59 Å². The molecule has 2 amide bonds. The first-order valence-corrected chi connectivity index (χ1v) is 9.27. The molecule has 0 atom stereocenters. The normalized spacial score (nSPS) is 10.2. The van der Waals surface area contributed by atoms with Crippen LogP contribution in [0.5, 0.6) is 11.5 Å². The van der Waals surface area contributed by atoms with E-state index in [4.69, 9.17) is 15.9 Å². The lowest BCUT2D eigenvalue weighted by atomic mass is 10.2. The number of carbonyl (C=O) groups is 2. The van der Waals surface area contributed by atoms with Gasteiger partial charge < -0.3 is 20.1 Å². The molecule has 6 heteroatoms. The molecule has 0 unspecified atom stereocenters. The molecule has 0 aliphatic heterocycles. The molecular formula is C23H24N2O4. The smallest absolute Gasteiger partial charge is 0.244 e. The van der Waals surface area contributed by atoms with Gasteiger partial charge in [0.1, 0.15) is 0 Å². The summed E-state index contributed by atoms with van der Waals surface area (Å²) < 4.78 is 11.1. The van der Waals surface area contributed by atoms with Crippen LogP contribution in [0.3, 0.4) is 0 Å². The zero-order valence-corrected chi connectivity index (χ0v) is 16.5. The van der Waals surface area contributed by atoms with Crippen LogP contribution in [0.15, 0.2) is 48.5 Å². The van der Waals surface area contributed by atoms with E-state index in [-0.39, 0.29) is 18.4 Å². The Morgan fingerprint density at radius 1 is 1.07 bits per heavy atom. The number of anilines is 1. The fourth-order valence-electron chi connectivity index (χ4n) is 2.46. The predicted molar refractivity (Wildman–Crippen MR) is 114 cm³/mol. The summed E-state index contributed by atoms with van der Waals surface area (Å²) in [6, 6.07) is 12.3. The van der Waals surface area contributed by atoms with Crippen LogP contribution in [0.2, 0.25) is 0 Å². The maximum absolute atomic E-state index is 12.0. The zero-order valence-electron chi connectivity index (χ0n) is 16.5. The highest BCUT2D eigenvalue weighted by atomic mass is 16.5. The van der Waals surface area contributed by atoms with E-state index in [1.165, 1.54) is 6.08 Å². The number of nitrogens with one attached hydrogen (secondary N) is 2. The van der Waals surface area contributed by atoms with Gasteiger partial charge in [0, 0.05) is 17.3 Å². The van der Waals surface area contributed by atoms with E-state index < -0.39 is 0 Å². The summed E-state index contributed by atoms with van der Waals surface area (Å²) in [5.41, 5.74) is 2.02. The number of amides is 2. The van der Waals surface area contributed by atoms with E-state index in [1.54, 1.807) is 42.5 Å². The second-order valence-corrected chi connectivity index (χ2v) is 5.90. The second-order valence-electron chi connectivity index (χ2n) is 5.90. The molecule has 0 saturated heterocycles. The highest BCUT2D eigenvalue weighted by Gasteiger charge is 2.06. The summed E-state index contributed by atoms with van der Waals surface area (Å²) in [5, 5.41) is 5.22. The van der Waals surface area contributed by atoms with Gasteiger partial charge in [-0.1, -0.05) is 18.1 Å². The first-order chi connectivity index (χ1) is 14.0. The third kappa shape index (κ3) is 7.07. The standard InChI is InChI=1S/C23H24N2O4/c1-4-17-8-7-9-19(14-17)25-23(27)16-24-22(26)13-11-18-10-12-20(28-5-2)21(15-18)29-6-3/h1,7-15H,5-6,16H2,2-3H3,(H,24,26)(H,25,27). The Labute approximate surface area is 170 Å². The molecule has 2 aromatic rings. The summed E-state index contributed by atoms with van der Waals surface area (Å²) in [5.74, 6) is 3.04. The lowest BCUT2D eigenvalue weighted by molar-refractivity contribution is -0.121. The summed E-state index contributed by atoms with van der Waals surface area (Å²) >= 11 is 0. The van der Waals surface area contributed by atoms with Crippen LogP contribution >= 0.6 is 0 Å². The summed E-state index contributed by atoms with van der Waals surface area (Å²) in [6.45, 7) is 4.67. The number of rotatable bonds is 9. The van der Waals surface area contributed by atoms with Crippen molar-refractivity contribution in [3.05, 3.63) is 59.7 Å². The van der Waals surface area contributed by atoms with Gasteiger partial charge >= 0.3 is 0 Å². The summed E-state index contributed by atoms with van der Waals surface area (Å²) in [4.78, 5) is 24.0. The van der Waals surface area contributed by atoms with Crippen molar-refractivity contribution in [1.29, 1.82) is 0 Å². The molecule has 0 aromatic heterocycles. The summed E-state index contributed by atoms with van der Waals surface area (Å²) in [7, 11) is 0. The number of carbonyl (C=O) groups excluding carboxylic acids is 2. The average molecular weight is 392 g/mol. The Kier molecular flexibility index (Phi) is 8.33. The molecule has 0 bridgehead atoms. The topological polar surface area (TPSA) is 76.7 Å². The molecule has 0 fully saturated rings. The molecule has 0 radical (unpaired) electrons. The fraction of sp³-hybridized carbons (Fsp3) is 0.217. The largest absolute Gasteiger partial charge is 0.490 e. The van der Waals surface area contributed by atoms with Crippen LogP contribution in [0.1, 0.15) is 25.0 Å². The van der Waals surface area contributed by atoms with E-state index in [1.807, 2.05) is 19.9 Å². The zero-order chi connectivity index (χ0) is 21.1. The molecule has 0 heterocycles. The fourth-order valence-corrected chi connectivity index (χ4v) is 2.46. The number of hydrogen-bond donors (Lipinski definition) is 2. The van der Waals surface area contributed by atoms with Crippen molar-refractivity contribution in [1.82, 2.24) is 5.32 Å². The maximum Gasteiger partial charge on any atom is 0.244 e. The molecule has 2 N–H and O–H groups in total. The third-order valence-electron chi connectivity index (χ3n) is 3.73. The van der Waals surface area contributed by atoms with Gasteiger partial charge in [0.25, 0.3) is 0 Å². The molecule has 6 nitrogen and oxygen atoms in total. The molecular weight excluding hydrogens is 368 g/mol. The van der Waals surface area contributed by atoms with Crippen LogP contribution in [0, 0.1) is 12.3 Å². The van der Waals surface area contributed by atoms with Crippen LogP contribution in [-0.2, 0) is 9.59 Å². The average Bonchev–Trinajstić information content (AvgIpc) is 2.73. The van der Waals surface area contributed by atoms with Crippen molar-refractivity contribution < 1.29 is 19.1 Å². The van der Waals surface area contributed by atoms with Crippen LogP contribution in [-0.4, -0.2) is 31.6 Å². The third-order valence-corrected chi connectivity index (χ3v) is 3.73. The Balaban J connectivity index is 1.89. The first-order valence-electron chi connectivity index (χ1n) is 9.27. The number of hydrogen-bond acceptors (Lipinski definition) is 4. The van der Waals surface area contributed by atoms with Gasteiger partial charge in [-0.15, -0.1) is 6.42 Å². The Bertz CT molecular complexity index is 929. The van der Waals surface area contributed by atoms with Gasteiger partial charge in [-0.2, -0.15) is 0 Å². The first kappa shape index (κ1) is 21.6. The van der Waals surface area contributed by atoms with Crippen molar-refractivity contribution in [2.75, 3.05) is 25.1 Å². The van der Waals surface area contributed by atoms with E-state index in [2.05, 4.69) is 16.6 Å². The van der Waals surface area contributed by atoms with Crippen LogP contribution in [0.25, 0.3) is 6.08 Å². The summed E-state index contributed by atoms with van der Waals surface area (Å²) in [6.07, 6.45) is 8.34. The number of benzene rings is 2. The minimum atomic E-state index is -0.385. The molecule has 0 spiro atoms. The SMILES string of the molecule is C#Cc1cccc(NC(=O)CNC(=O)C=Cc2ccc(OCC)c(OCC)c2)c1. The van der Waals surface area contributed by atoms with E-state index >= 15 is 0 Å². The molecule has 2 aromatic carbocycles. The lowest BCUT2D eigenvalue weighted by Gasteiger charge is -2.11. The Morgan fingerprint density at radius 3 is 2.55 bits per heavy atom. The molecule has 2 rings (SSSR count). The minimum absolute atomic E-state index is 0.156. The van der Waals surface area contributed by atoms with Gasteiger partial charge in [0.05, 0.1) is 19.8 Å². The van der Waals surface area contributed by atoms with Crippen LogP contribution in [0.4, 0.5) is 5.69 Å². The maximum atomic E-state index is 12.0. The highest BCUT2D eigenvalue weighted by Crippen LogP contribution is 2.28. The number of terminal acetylenes is 1. The number of ether oxygens (including phenoxy) is 2.